The lowest BCUT2D eigenvalue weighted by Crippen LogP contribution is -2.61. The normalized spacial score (nSPS) is 37.9. The van der Waals surface area contributed by atoms with E-state index in [-0.39, 0.29) is 24.0 Å². The lowest BCUT2D eigenvalue weighted by Gasteiger charge is -2.42. The zero-order chi connectivity index (χ0) is 10.1. The molecule has 0 radical (unpaired) electrons. The molecule has 2 saturated heterocycles. The Labute approximate surface area is 84.6 Å². The molecule has 0 aromatic rings. The molecule has 0 saturated carbocycles. The summed E-state index contributed by atoms with van der Waals surface area (Å²) in [6, 6.07) is 0.500. The van der Waals surface area contributed by atoms with E-state index in [1.54, 1.807) is 0 Å². The molecule has 0 aromatic carbocycles. The fraction of sp³-hybridized carbons (Fsp3) is 0.900. The molecule has 1 N–H and O–H groups in total. The Morgan fingerprint density at radius 2 is 1.93 bits per heavy atom. The average molecular weight is 198 g/mol. The van der Waals surface area contributed by atoms with Crippen LogP contribution in [0.25, 0.3) is 0 Å². The highest BCUT2D eigenvalue weighted by atomic mass is 16.5. The molecular formula is C10H18N2O2. The number of rotatable bonds is 1. The number of nitrogens with zero attached hydrogens (tertiary/aromatic N) is 1. The van der Waals surface area contributed by atoms with Crippen molar-refractivity contribution >= 4 is 5.91 Å². The highest BCUT2D eigenvalue weighted by Gasteiger charge is 2.35. The van der Waals surface area contributed by atoms with Crippen molar-refractivity contribution in [3.63, 3.8) is 0 Å². The van der Waals surface area contributed by atoms with Crippen LogP contribution in [0.2, 0.25) is 0 Å². The van der Waals surface area contributed by atoms with Crippen molar-refractivity contribution in [3.05, 3.63) is 0 Å². The van der Waals surface area contributed by atoms with Crippen LogP contribution in [0, 0.1) is 0 Å². The number of ether oxygens (including phenoxy) is 1. The van der Waals surface area contributed by atoms with E-state index < -0.39 is 0 Å². The van der Waals surface area contributed by atoms with Crippen molar-refractivity contribution in [2.75, 3.05) is 19.8 Å². The van der Waals surface area contributed by atoms with Gasteiger partial charge in [-0.15, -0.1) is 0 Å². The highest BCUT2D eigenvalue weighted by Crippen LogP contribution is 2.17. The maximum Gasteiger partial charge on any atom is 0.240 e. The van der Waals surface area contributed by atoms with Crippen LogP contribution >= 0.6 is 0 Å². The molecule has 2 fully saturated rings. The summed E-state index contributed by atoms with van der Waals surface area (Å²) in [4.78, 5) is 14.0. The monoisotopic (exact) mass is 198 g/mol. The number of carbonyl (C=O) groups is 1. The largest absolute Gasteiger partial charge is 0.377 e. The van der Waals surface area contributed by atoms with Crippen LogP contribution in [0.1, 0.15) is 20.3 Å². The van der Waals surface area contributed by atoms with E-state index in [1.807, 2.05) is 18.7 Å². The first-order chi connectivity index (χ1) is 6.70. The summed E-state index contributed by atoms with van der Waals surface area (Å²) < 4.78 is 5.39. The molecule has 2 unspecified atom stereocenters. The number of morpholine rings is 1. The minimum atomic E-state index is 0.0676. The molecule has 80 valence electrons. The van der Waals surface area contributed by atoms with E-state index in [0.29, 0.717) is 13.2 Å². The van der Waals surface area contributed by atoms with Gasteiger partial charge in [0.2, 0.25) is 5.91 Å². The van der Waals surface area contributed by atoms with Crippen LogP contribution in [-0.4, -0.2) is 48.7 Å². The molecule has 2 aliphatic heterocycles. The third-order valence-electron chi connectivity index (χ3n) is 3.04. The fourth-order valence-corrected chi connectivity index (χ4v) is 2.12. The molecule has 0 aliphatic carbocycles. The standard InChI is InChI=1S/C10H18N2O2/c1-7-5-14-6-8(2)12(7)10(13)9-3-4-11-9/h7-9,11H,3-6H2,1-2H3/t7?,8?,9-/m1/s1. The molecule has 4 nitrogen and oxygen atoms in total. The van der Waals surface area contributed by atoms with Crippen LogP contribution in [0.4, 0.5) is 0 Å². The lowest BCUT2D eigenvalue weighted by molar-refractivity contribution is -0.148. The summed E-state index contributed by atoms with van der Waals surface area (Å²) in [5.74, 6) is 0.250. The van der Waals surface area contributed by atoms with E-state index in [1.165, 1.54) is 0 Å². The van der Waals surface area contributed by atoms with Crippen molar-refractivity contribution < 1.29 is 9.53 Å². The van der Waals surface area contributed by atoms with Gasteiger partial charge in [0.1, 0.15) is 0 Å². The highest BCUT2D eigenvalue weighted by molar-refractivity contribution is 5.83. The van der Waals surface area contributed by atoms with Crippen molar-refractivity contribution in [1.82, 2.24) is 10.2 Å². The Kier molecular flexibility index (Phi) is 2.74. The Balaban J connectivity index is 2.01. The average Bonchev–Trinajstić information content (AvgIpc) is 2.00. The minimum Gasteiger partial charge on any atom is -0.377 e. The SMILES string of the molecule is CC1COCC(C)N1C(=O)[C@H]1CCN1. The second-order valence-electron chi connectivity index (χ2n) is 4.28. The smallest absolute Gasteiger partial charge is 0.240 e. The number of amides is 1. The predicted octanol–water partition coefficient (Wildman–Crippen LogP) is -0.0159. The van der Waals surface area contributed by atoms with Crippen molar-refractivity contribution in [2.45, 2.75) is 38.4 Å². The second-order valence-corrected chi connectivity index (χ2v) is 4.28. The van der Waals surface area contributed by atoms with Crippen LogP contribution in [-0.2, 0) is 9.53 Å². The number of hydrogen-bond donors (Lipinski definition) is 1. The first-order valence-electron chi connectivity index (χ1n) is 5.33. The van der Waals surface area contributed by atoms with Crippen molar-refractivity contribution in [1.29, 1.82) is 0 Å². The van der Waals surface area contributed by atoms with Gasteiger partial charge < -0.3 is 15.0 Å². The van der Waals surface area contributed by atoms with Crippen molar-refractivity contribution in [3.8, 4) is 0 Å². The summed E-state index contributed by atoms with van der Waals surface area (Å²) in [6.07, 6.45) is 0.982. The summed E-state index contributed by atoms with van der Waals surface area (Å²) in [5, 5.41) is 3.15. The summed E-state index contributed by atoms with van der Waals surface area (Å²) in [5.41, 5.74) is 0. The Morgan fingerprint density at radius 1 is 1.36 bits per heavy atom. The van der Waals surface area contributed by atoms with Gasteiger partial charge in [-0.2, -0.15) is 0 Å². The van der Waals surface area contributed by atoms with Crippen molar-refractivity contribution in [2.24, 2.45) is 0 Å². The molecule has 2 rings (SSSR count). The van der Waals surface area contributed by atoms with Gasteiger partial charge in [-0.05, 0) is 26.8 Å². The molecule has 0 aromatic heterocycles. The third kappa shape index (κ3) is 1.64. The summed E-state index contributed by atoms with van der Waals surface area (Å²) in [6.45, 7) is 6.41. The zero-order valence-electron chi connectivity index (χ0n) is 8.82. The lowest BCUT2D eigenvalue weighted by atomic mass is 10.0. The van der Waals surface area contributed by atoms with Gasteiger partial charge in [-0.3, -0.25) is 4.79 Å². The van der Waals surface area contributed by atoms with Crippen LogP contribution in [0.15, 0.2) is 0 Å². The van der Waals surface area contributed by atoms with Gasteiger partial charge in [0.05, 0.1) is 31.3 Å². The number of carbonyl (C=O) groups excluding carboxylic acids is 1. The van der Waals surface area contributed by atoms with Gasteiger partial charge in [0, 0.05) is 0 Å². The predicted molar refractivity (Wildman–Crippen MR) is 53.0 cm³/mol. The first-order valence-corrected chi connectivity index (χ1v) is 5.33. The summed E-state index contributed by atoms with van der Waals surface area (Å²) in [7, 11) is 0. The maximum absolute atomic E-state index is 12.0. The molecule has 0 spiro atoms. The van der Waals surface area contributed by atoms with E-state index in [0.717, 1.165) is 13.0 Å². The van der Waals surface area contributed by atoms with E-state index in [9.17, 15) is 4.79 Å². The molecule has 0 bridgehead atoms. The van der Waals surface area contributed by atoms with Gasteiger partial charge in [0.25, 0.3) is 0 Å². The topological polar surface area (TPSA) is 41.6 Å². The maximum atomic E-state index is 12.0. The molecule has 3 atom stereocenters. The first kappa shape index (κ1) is 9.93. The van der Waals surface area contributed by atoms with Gasteiger partial charge in [-0.25, -0.2) is 0 Å². The van der Waals surface area contributed by atoms with E-state index in [4.69, 9.17) is 4.74 Å². The van der Waals surface area contributed by atoms with E-state index in [2.05, 4.69) is 5.32 Å². The van der Waals surface area contributed by atoms with Gasteiger partial charge in [0.15, 0.2) is 0 Å². The Bertz CT molecular complexity index is 218. The molecule has 2 heterocycles. The Morgan fingerprint density at radius 3 is 2.36 bits per heavy atom. The van der Waals surface area contributed by atoms with Crippen LogP contribution in [0.5, 0.6) is 0 Å². The molecule has 14 heavy (non-hydrogen) atoms. The van der Waals surface area contributed by atoms with Gasteiger partial charge >= 0.3 is 0 Å². The third-order valence-corrected chi connectivity index (χ3v) is 3.04. The molecular weight excluding hydrogens is 180 g/mol. The van der Waals surface area contributed by atoms with E-state index >= 15 is 0 Å². The zero-order valence-corrected chi connectivity index (χ0v) is 8.82. The number of hydrogen-bond acceptors (Lipinski definition) is 3. The molecule has 2 aliphatic rings. The second kappa shape index (κ2) is 3.87. The fourth-order valence-electron chi connectivity index (χ4n) is 2.12. The van der Waals surface area contributed by atoms with Gasteiger partial charge in [-0.1, -0.05) is 0 Å². The molecule has 1 amide bonds. The Hall–Kier alpha value is -0.610. The number of nitrogens with one attached hydrogen (secondary N) is 1. The molecule has 4 heteroatoms. The minimum absolute atomic E-state index is 0.0676. The summed E-state index contributed by atoms with van der Waals surface area (Å²) >= 11 is 0. The quantitative estimate of drug-likeness (QED) is 0.644. The van der Waals surface area contributed by atoms with Crippen LogP contribution in [0.3, 0.4) is 0 Å². The van der Waals surface area contributed by atoms with Crippen LogP contribution < -0.4 is 5.32 Å².